The van der Waals surface area contributed by atoms with Gasteiger partial charge in [0.15, 0.2) is 0 Å². The Morgan fingerprint density at radius 2 is 1.92 bits per heavy atom. The van der Waals surface area contributed by atoms with Crippen LogP contribution in [0, 0.1) is 24.5 Å². The highest BCUT2D eigenvalue weighted by molar-refractivity contribution is 14.1. The Labute approximate surface area is 90.3 Å². The Hall–Kier alpha value is -0.650. The maximum Gasteiger partial charge on any atom is 0.127 e. The molecule has 0 aliphatic rings. The van der Waals surface area contributed by atoms with E-state index in [2.05, 4.69) is 37.0 Å². The average Bonchev–Trinajstić information content (AvgIpc) is 2.27. The fraction of sp³-hybridized carbons (Fsp3) is 0.333. The second kappa shape index (κ2) is 2.94. The third kappa shape index (κ3) is 1.33. The highest BCUT2D eigenvalue weighted by Gasteiger charge is 2.08. The summed E-state index contributed by atoms with van der Waals surface area (Å²) in [5.41, 5.74) is 3.20. The highest BCUT2D eigenvalue weighted by atomic mass is 127. The summed E-state index contributed by atoms with van der Waals surface area (Å²) in [6.45, 7) is 6.02. The quantitative estimate of drug-likeness (QED) is 0.696. The molecule has 0 amide bonds. The number of aryl methyl sites for hydroxylation is 3. The van der Waals surface area contributed by atoms with Gasteiger partial charge in [0.1, 0.15) is 15.0 Å². The van der Waals surface area contributed by atoms with E-state index in [-0.39, 0.29) is 0 Å². The lowest BCUT2D eigenvalue weighted by Crippen LogP contribution is -1.95. The molecule has 0 spiro atoms. The van der Waals surface area contributed by atoms with E-state index in [0.29, 0.717) is 0 Å². The molecule has 2 aromatic rings. The zero-order chi connectivity index (χ0) is 9.59. The highest BCUT2D eigenvalue weighted by Crippen LogP contribution is 2.17. The number of imidazole rings is 1. The molecule has 13 heavy (non-hydrogen) atoms. The van der Waals surface area contributed by atoms with Crippen LogP contribution in [0.1, 0.15) is 17.2 Å². The van der Waals surface area contributed by atoms with Crippen LogP contribution in [0.25, 0.3) is 5.52 Å². The molecule has 0 bridgehead atoms. The molecule has 2 heterocycles. The van der Waals surface area contributed by atoms with Gasteiger partial charge in [-0.25, -0.2) is 9.97 Å². The van der Waals surface area contributed by atoms with E-state index in [9.17, 15) is 0 Å². The number of hydrogen-bond donors (Lipinski definition) is 0. The van der Waals surface area contributed by atoms with Crippen molar-refractivity contribution in [3.63, 3.8) is 0 Å². The first-order valence-corrected chi connectivity index (χ1v) is 5.16. The first-order valence-electron chi connectivity index (χ1n) is 4.08. The maximum atomic E-state index is 4.41. The number of fused-ring (bicyclic) bond motifs is 1. The van der Waals surface area contributed by atoms with Gasteiger partial charge in [0.2, 0.25) is 0 Å². The molecule has 4 heteroatoms. The lowest BCUT2D eigenvalue weighted by atomic mass is 10.4. The molecule has 0 atom stereocenters. The van der Waals surface area contributed by atoms with Crippen LogP contribution in [-0.4, -0.2) is 14.4 Å². The van der Waals surface area contributed by atoms with Crippen LogP contribution in [0.5, 0.6) is 0 Å². The maximum absolute atomic E-state index is 4.41. The van der Waals surface area contributed by atoms with Crippen molar-refractivity contribution in [3.05, 3.63) is 27.1 Å². The molecule has 0 aliphatic carbocycles. The normalized spacial score (nSPS) is 11.1. The molecule has 2 aromatic heterocycles. The van der Waals surface area contributed by atoms with E-state index in [1.807, 2.05) is 27.0 Å². The van der Waals surface area contributed by atoms with Crippen molar-refractivity contribution in [2.75, 3.05) is 0 Å². The molecule has 2 rings (SSSR count). The number of aromatic nitrogens is 3. The van der Waals surface area contributed by atoms with E-state index in [0.717, 1.165) is 26.4 Å². The third-order valence-electron chi connectivity index (χ3n) is 2.05. The molecular formula is C9H10IN3. The van der Waals surface area contributed by atoms with Gasteiger partial charge in [0.25, 0.3) is 0 Å². The van der Waals surface area contributed by atoms with Gasteiger partial charge in [0, 0.05) is 6.20 Å². The zero-order valence-electron chi connectivity index (χ0n) is 7.80. The SMILES string of the molecule is Cc1cn2c(C)nc(C)c2c(I)n1. The first-order chi connectivity index (χ1) is 6.09. The summed E-state index contributed by atoms with van der Waals surface area (Å²) in [6.07, 6.45) is 2.02. The first kappa shape index (κ1) is 8.93. The lowest BCUT2D eigenvalue weighted by molar-refractivity contribution is 0.992. The van der Waals surface area contributed by atoms with Gasteiger partial charge in [-0.3, -0.25) is 4.40 Å². The van der Waals surface area contributed by atoms with Crippen LogP contribution in [-0.2, 0) is 0 Å². The van der Waals surface area contributed by atoms with E-state index in [4.69, 9.17) is 0 Å². The standard InChI is InChI=1S/C9H10IN3/c1-5-4-13-7(3)12-6(2)8(13)9(10)11-5/h4H,1-3H3. The van der Waals surface area contributed by atoms with Gasteiger partial charge in [-0.2, -0.15) is 0 Å². The number of nitrogens with zero attached hydrogens (tertiary/aromatic N) is 3. The van der Waals surface area contributed by atoms with Crippen LogP contribution >= 0.6 is 22.6 Å². The third-order valence-corrected chi connectivity index (χ3v) is 2.80. The zero-order valence-corrected chi connectivity index (χ0v) is 9.95. The minimum Gasteiger partial charge on any atom is -0.299 e. The molecule has 68 valence electrons. The van der Waals surface area contributed by atoms with Crippen molar-refractivity contribution in [2.45, 2.75) is 20.8 Å². The van der Waals surface area contributed by atoms with Crippen molar-refractivity contribution < 1.29 is 0 Å². The summed E-state index contributed by atoms with van der Waals surface area (Å²) in [5.74, 6) is 1.02. The predicted octanol–water partition coefficient (Wildman–Crippen LogP) is 2.26. The second-order valence-electron chi connectivity index (χ2n) is 3.14. The van der Waals surface area contributed by atoms with Gasteiger partial charge in [-0.15, -0.1) is 0 Å². The van der Waals surface area contributed by atoms with E-state index in [1.54, 1.807) is 0 Å². The summed E-state index contributed by atoms with van der Waals surface area (Å²) in [6, 6.07) is 0. The fourth-order valence-corrected chi connectivity index (χ4v) is 2.55. The van der Waals surface area contributed by atoms with E-state index < -0.39 is 0 Å². The Balaban J connectivity index is 2.97. The van der Waals surface area contributed by atoms with Gasteiger partial charge in [-0.05, 0) is 43.4 Å². The topological polar surface area (TPSA) is 30.2 Å². The molecular weight excluding hydrogens is 277 g/mol. The minimum absolute atomic E-state index is 1.02. The number of halogens is 1. The molecule has 0 fully saturated rings. The van der Waals surface area contributed by atoms with Crippen LogP contribution < -0.4 is 0 Å². The number of rotatable bonds is 0. The van der Waals surface area contributed by atoms with Crippen LogP contribution in [0.2, 0.25) is 0 Å². The van der Waals surface area contributed by atoms with Gasteiger partial charge >= 0.3 is 0 Å². The monoisotopic (exact) mass is 287 g/mol. The molecule has 0 saturated heterocycles. The molecule has 0 unspecified atom stereocenters. The summed E-state index contributed by atoms with van der Waals surface area (Å²) < 4.78 is 3.12. The summed E-state index contributed by atoms with van der Waals surface area (Å²) in [5, 5.41) is 0. The molecule has 0 saturated carbocycles. The Kier molecular flexibility index (Phi) is 2.02. The Morgan fingerprint density at radius 1 is 1.23 bits per heavy atom. The van der Waals surface area contributed by atoms with Crippen molar-refractivity contribution in [1.29, 1.82) is 0 Å². The summed E-state index contributed by atoms with van der Waals surface area (Å²) >= 11 is 2.25. The van der Waals surface area contributed by atoms with Crippen LogP contribution in [0.3, 0.4) is 0 Å². The molecule has 0 aliphatic heterocycles. The van der Waals surface area contributed by atoms with Crippen molar-refractivity contribution in [2.24, 2.45) is 0 Å². The molecule has 0 N–H and O–H groups in total. The molecule has 0 aromatic carbocycles. The molecule has 3 nitrogen and oxygen atoms in total. The van der Waals surface area contributed by atoms with Crippen LogP contribution in [0.15, 0.2) is 6.20 Å². The van der Waals surface area contributed by atoms with E-state index >= 15 is 0 Å². The summed E-state index contributed by atoms with van der Waals surface area (Å²) in [7, 11) is 0. The fourth-order valence-electron chi connectivity index (χ4n) is 1.52. The van der Waals surface area contributed by atoms with Crippen LogP contribution in [0.4, 0.5) is 0 Å². The predicted molar refractivity (Wildman–Crippen MR) is 59.9 cm³/mol. The van der Waals surface area contributed by atoms with Gasteiger partial charge in [0.05, 0.1) is 11.4 Å². The second-order valence-corrected chi connectivity index (χ2v) is 4.16. The van der Waals surface area contributed by atoms with E-state index in [1.165, 1.54) is 0 Å². The largest absolute Gasteiger partial charge is 0.299 e. The smallest absolute Gasteiger partial charge is 0.127 e. The van der Waals surface area contributed by atoms with Crippen molar-refractivity contribution in [3.8, 4) is 0 Å². The van der Waals surface area contributed by atoms with Crippen molar-refractivity contribution in [1.82, 2.24) is 14.4 Å². The number of hydrogen-bond acceptors (Lipinski definition) is 2. The van der Waals surface area contributed by atoms with Gasteiger partial charge in [-0.1, -0.05) is 0 Å². The lowest BCUT2D eigenvalue weighted by Gasteiger charge is -2.00. The Morgan fingerprint density at radius 3 is 2.62 bits per heavy atom. The van der Waals surface area contributed by atoms with Gasteiger partial charge < -0.3 is 0 Å². The minimum atomic E-state index is 1.02. The Bertz CT molecular complexity index is 473. The average molecular weight is 287 g/mol. The van der Waals surface area contributed by atoms with Crippen molar-refractivity contribution >= 4 is 28.1 Å². The summed E-state index contributed by atoms with van der Waals surface area (Å²) in [4.78, 5) is 8.81. The molecule has 0 radical (unpaired) electrons.